The first-order valence-corrected chi connectivity index (χ1v) is 7.98. The van der Waals surface area contributed by atoms with Crippen LogP contribution in [0.3, 0.4) is 0 Å². The number of nitrogens with zero attached hydrogens (tertiary/aromatic N) is 1. The molecule has 1 saturated heterocycles. The third kappa shape index (κ3) is 5.09. The number of aromatic amines is 1. The first-order chi connectivity index (χ1) is 11.1. The van der Waals surface area contributed by atoms with Gasteiger partial charge in [-0.05, 0) is 18.2 Å². The van der Waals surface area contributed by atoms with Crippen LogP contribution in [0.15, 0.2) is 24.3 Å². The Morgan fingerprint density at radius 2 is 2.04 bits per heavy atom. The number of amides is 1. The summed E-state index contributed by atoms with van der Waals surface area (Å²) < 4.78 is 5.33. The predicted molar refractivity (Wildman–Crippen MR) is 97.1 cm³/mol. The zero-order valence-electron chi connectivity index (χ0n) is 12.6. The number of hydrogen-bond acceptors (Lipinski definition) is 4. The summed E-state index contributed by atoms with van der Waals surface area (Å²) in [5.41, 5.74) is 1.53. The Kier molecular flexibility index (Phi) is 6.89. The van der Waals surface area contributed by atoms with Gasteiger partial charge < -0.3 is 15.4 Å². The molecule has 0 spiro atoms. The molecule has 1 unspecified atom stereocenters. The quantitative estimate of drug-likeness (QED) is 0.748. The summed E-state index contributed by atoms with van der Waals surface area (Å²) in [4.78, 5) is 12.0. The van der Waals surface area contributed by atoms with E-state index in [9.17, 15) is 4.79 Å². The molecule has 1 aromatic heterocycles. The van der Waals surface area contributed by atoms with Crippen LogP contribution in [0.5, 0.6) is 0 Å². The molecule has 9 heteroatoms. The number of anilines is 1. The summed E-state index contributed by atoms with van der Waals surface area (Å²) in [6, 6.07) is 6.98. The molecule has 24 heavy (non-hydrogen) atoms. The van der Waals surface area contributed by atoms with Gasteiger partial charge in [0, 0.05) is 40.7 Å². The van der Waals surface area contributed by atoms with E-state index < -0.39 is 0 Å². The maximum Gasteiger partial charge on any atom is 0.227 e. The SMILES string of the molecule is Cl.O=C(CC1COCCN1)Nc1cc(-c2cc(Cl)cc(Cl)c2)[nH]n1. The van der Waals surface area contributed by atoms with Crippen molar-refractivity contribution in [1.29, 1.82) is 0 Å². The lowest BCUT2D eigenvalue weighted by Crippen LogP contribution is -2.43. The van der Waals surface area contributed by atoms with Gasteiger partial charge in [0.1, 0.15) is 0 Å². The zero-order valence-corrected chi connectivity index (χ0v) is 15.0. The summed E-state index contributed by atoms with van der Waals surface area (Å²) in [7, 11) is 0. The molecule has 1 aliphatic rings. The maximum atomic E-state index is 12.0. The number of rotatable bonds is 4. The van der Waals surface area contributed by atoms with E-state index in [2.05, 4.69) is 20.8 Å². The Morgan fingerprint density at radius 1 is 1.29 bits per heavy atom. The van der Waals surface area contributed by atoms with Crippen molar-refractivity contribution in [2.75, 3.05) is 25.1 Å². The Balaban J connectivity index is 0.00000208. The highest BCUT2D eigenvalue weighted by Crippen LogP contribution is 2.27. The van der Waals surface area contributed by atoms with Crippen molar-refractivity contribution in [3.63, 3.8) is 0 Å². The number of ether oxygens (including phenoxy) is 1. The first-order valence-electron chi connectivity index (χ1n) is 7.23. The van der Waals surface area contributed by atoms with Crippen LogP contribution in [-0.4, -0.2) is 41.9 Å². The molecule has 2 aromatic rings. The van der Waals surface area contributed by atoms with E-state index in [0.717, 1.165) is 17.8 Å². The normalized spacial score (nSPS) is 17.2. The Morgan fingerprint density at radius 3 is 2.71 bits per heavy atom. The minimum Gasteiger partial charge on any atom is -0.378 e. The van der Waals surface area contributed by atoms with Crippen LogP contribution in [-0.2, 0) is 9.53 Å². The summed E-state index contributed by atoms with van der Waals surface area (Å²) in [5, 5.41) is 14.0. The average molecular weight is 392 g/mol. The fourth-order valence-electron chi connectivity index (χ4n) is 2.41. The monoisotopic (exact) mass is 390 g/mol. The number of hydrogen-bond donors (Lipinski definition) is 3. The molecule has 0 radical (unpaired) electrons. The molecule has 1 fully saturated rings. The second-order valence-electron chi connectivity index (χ2n) is 5.30. The van der Waals surface area contributed by atoms with Crippen molar-refractivity contribution in [3.8, 4) is 11.3 Å². The molecule has 1 aliphatic heterocycles. The second-order valence-corrected chi connectivity index (χ2v) is 6.18. The molecule has 130 valence electrons. The van der Waals surface area contributed by atoms with Crippen LogP contribution in [0.1, 0.15) is 6.42 Å². The number of morpholine rings is 1. The summed E-state index contributed by atoms with van der Waals surface area (Å²) in [5.74, 6) is 0.341. The minimum atomic E-state index is -0.116. The molecule has 1 aromatic carbocycles. The largest absolute Gasteiger partial charge is 0.378 e. The van der Waals surface area contributed by atoms with E-state index in [0.29, 0.717) is 35.5 Å². The second kappa shape index (κ2) is 8.69. The summed E-state index contributed by atoms with van der Waals surface area (Å²) in [6.07, 6.45) is 0.338. The summed E-state index contributed by atoms with van der Waals surface area (Å²) in [6.45, 7) is 1.99. The number of halogens is 3. The van der Waals surface area contributed by atoms with Gasteiger partial charge >= 0.3 is 0 Å². The molecule has 6 nitrogen and oxygen atoms in total. The first kappa shape index (κ1) is 19.0. The van der Waals surface area contributed by atoms with Gasteiger partial charge in [-0.3, -0.25) is 9.89 Å². The number of carbonyl (C=O) groups is 1. The van der Waals surface area contributed by atoms with Crippen molar-refractivity contribution in [1.82, 2.24) is 15.5 Å². The van der Waals surface area contributed by atoms with Gasteiger partial charge in [0.05, 0.1) is 18.9 Å². The number of H-pyrrole nitrogens is 1. The lowest BCUT2D eigenvalue weighted by Gasteiger charge is -2.22. The van der Waals surface area contributed by atoms with Crippen LogP contribution in [0.2, 0.25) is 10.0 Å². The van der Waals surface area contributed by atoms with Gasteiger partial charge in [0.25, 0.3) is 0 Å². The van der Waals surface area contributed by atoms with Crippen LogP contribution in [0, 0.1) is 0 Å². The number of benzene rings is 1. The Hall–Kier alpha value is -1.31. The van der Waals surface area contributed by atoms with Crippen molar-refractivity contribution < 1.29 is 9.53 Å². The molecule has 3 rings (SSSR count). The Labute approximate surface area is 155 Å². The molecule has 2 heterocycles. The van der Waals surface area contributed by atoms with E-state index in [4.69, 9.17) is 27.9 Å². The van der Waals surface area contributed by atoms with Gasteiger partial charge in [0.2, 0.25) is 5.91 Å². The van der Waals surface area contributed by atoms with Crippen molar-refractivity contribution >= 4 is 47.3 Å². The van der Waals surface area contributed by atoms with E-state index in [1.807, 2.05) is 0 Å². The number of nitrogens with one attached hydrogen (secondary N) is 3. The van der Waals surface area contributed by atoms with Gasteiger partial charge in [0.15, 0.2) is 5.82 Å². The van der Waals surface area contributed by atoms with Crippen molar-refractivity contribution in [2.24, 2.45) is 0 Å². The van der Waals surface area contributed by atoms with Crippen molar-refractivity contribution in [3.05, 3.63) is 34.3 Å². The zero-order chi connectivity index (χ0) is 16.2. The molecule has 0 aliphatic carbocycles. The lowest BCUT2D eigenvalue weighted by atomic mass is 10.1. The third-order valence-corrected chi connectivity index (χ3v) is 3.89. The molecule has 1 amide bonds. The molecule has 0 bridgehead atoms. The minimum absolute atomic E-state index is 0. The fourth-order valence-corrected chi connectivity index (χ4v) is 2.94. The van der Waals surface area contributed by atoms with Crippen LogP contribution in [0.4, 0.5) is 5.82 Å². The van der Waals surface area contributed by atoms with Gasteiger partial charge in [-0.25, -0.2) is 0 Å². The highest BCUT2D eigenvalue weighted by molar-refractivity contribution is 6.35. The third-order valence-electron chi connectivity index (χ3n) is 3.45. The van der Waals surface area contributed by atoms with Crippen LogP contribution < -0.4 is 10.6 Å². The van der Waals surface area contributed by atoms with E-state index in [1.165, 1.54) is 0 Å². The topological polar surface area (TPSA) is 79.0 Å². The average Bonchev–Trinajstić information content (AvgIpc) is 2.95. The fraction of sp³-hybridized carbons (Fsp3) is 0.333. The summed E-state index contributed by atoms with van der Waals surface area (Å²) >= 11 is 12.0. The number of carbonyl (C=O) groups excluding carboxylic acids is 1. The van der Waals surface area contributed by atoms with Crippen molar-refractivity contribution in [2.45, 2.75) is 12.5 Å². The maximum absolute atomic E-state index is 12.0. The van der Waals surface area contributed by atoms with E-state index in [1.54, 1.807) is 24.3 Å². The highest BCUT2D eigenvalue weighted by Gasteiger charge is 2.17. The smallest absolute Gasteiger partial charge is 0.227 e. The molecule has 1 atom stereocenters. The van der Waals surface area contributed by atoms with Gasteiger partial charge in [-0.1, -0.05) is 23.2 Å². The number of aromatic nitrogens is 2. The van der Waals surface area contributed by atoms with Crippen LogP contribution in [0.25, 0.3) is 11.3 Å². The predicted octanol–water partition coefficient (Wildman–Crippen LogP) is 3.12. The van der Waals surface area contributed by atoms with E-state index >= 15 is 0 Å². The molecular formula is C15H17Cl3N4O2. The lowest BCUT2D eigenvalue weighted by molar-refractivity contribution is -0.117. The molecular weight excluding hydrogens is 375 g/mol. The van der Waals surface area contributed by atoms with Gasteiger partial charge in [-0.15, -0.1) is 12.4 Å². The highest BCUT2D eigenvalue weighted by atomic mass is 35.5. The Bertz CT molecular complexity index is 682. The van der Waals surface area contributed by atoms with Crippen LogP contribution >= 0.6 is 35.6 Å². The van der Waals surface area contributed by atoms with E-state index in [-0.39, 0.29) is 24.4 Å². The standard InChI is InChI=1S/C15H16Cl2N4O2.ClH/c16-10-3-9(4-11(17)5-10)13-7-14(21-20-13)19-15(22)6-12-8-23-2-1-18-12;/h3-5,7,12,18H,1-2,6,8H2,(H2,19,20,21,22);1H. The molecule has 0 saturated carbocycles. The molecule has 3 N–H and O–H groups in total. The van der Waals surface area contributed by atoms with Gasteiger partial charge in [-0.2, -0.15) is 5.10 Å².